The molecule has 1 heterocycles. The van der Waals surface area contributed by atoms with E-state index in [1.54, 1.807) is 13.3 Å². The van der Waals surface area contributed by atoms with Crippen LogP contribution in [0.5, 0.6) is 11.5 Å². The van der Waals surface area contributed by atoms with Crippen LogP contribution >= 0.6 is 0 Å². The van der Waals surface area contributed by atoms with Gasteiger partial charge in [0.25, 0.3) is 0 Å². The topological polar surface area (TPSA) is 51.7 Å². The molecule has 0 saturated carbocycles. The molecule has 4 rings (SSSR count). The van der Waals surface area contributed by atoms with E-state index in [9.17, 15) is 4.79 Å². The molecule has 196 valence electrons. The molecule has 1 amide bonds. The van der Waals surface area contributed by atoms with Crippen molar-refractivity contribution < 1.29 is 14.3 Å². The van der Waals surface area contributed by atoms with E-state index in [0.717, 1.165) is 29.7 Å². The number of benzene rings is 3. The molecule has 0 radical (unpaired) electrons. The normalized spacial score (nSPS) is 11.5. The highest BCUT2D eigenvalue weighted by Crippen LogP contribution is 2.30. The van der Waals surface area contributed by atoms with Gasteiger partial charge in [-0.3, -0.25) is 9.78 Å². The zero-order chi connectivity index (χ0) is 26.6. The van der Waals surface area contributed by atoms with Crippen molar-refractivity contribution >= 4 is 5.91 Å². The number of aryl methyl sites for hydroxylation is 1. The van der Waals surface area contributed by atoms with Crippen LogP contribution in [0.1, 0.15) is 35.7 Å². The average Bonchev–Trinajstić information content (AvgIpc) is 2.98. The third-order valence-corrected chi connectivity index (χ3v) is 6.64. The molecule has 0 spiro atoms. The predicted octanol–water partition coefficient (Wildman–Crippen LogP) is 6.51. The van der Waals surface area contributed by atoms with Gasteiger partial charge in [-0.05, 0) is 53.8 Å². The Balaban J connectivity index is 1.45. The number of amides is 1. The van der Waals surface area contributed by atoms with Gasteiger partial charge >= 0.3 is 0 Å². The predicted molar refractivity (Wildman–Crippen MR) is 151 cm³/mol. The third-order valence-electron chi connectivity index (χ3n) is 6.64. The minimum atomic E-state index is -0.0886. The number of carbonyl (C=O) groups is 1. The summed E-state index contributed by atoms with van der Waals surface area (Å²) < 4.78 is 11.7. The first-order valence-corrected chi connectivity index (χ1v) is 13.2. The largest absolute Gasteiger partial charge is 0.493 e. The number of ether oxygens (including phenoxy) is 2. The molecule has 1 atom stereocenters. The number of carbonyl (C=O) groups excluding carboxylic acids is 1. The summed E-state index contributed by atoms with van der Waals surface area (Å²) in [6.07, 6.45) is 4.18. The van der Waals surface area contributed by atoms with Gasteiger partial charge < -0.3 is 14.4 Å². The number of pyridine rings is 1. The molecule has 4 aromatic rings. The quantitative estimate of drug-likeness (QED) is 0.207. The summed E-state index contributed by atoms with van der Waals surface area (Å²) in [5, 5.41) is 0. The van der Waals surface area contributed by atoms with Crippen molar-refractivity contribution in [2.45, 2.75) is 39.3 Å². The van der Waals surface area contributed by atoms with Crippen LogP contribution < -0.4 is 9.47 Å². The lowest BCUT2D eigenvalue weighted by Gasteiger charge is -2.26. The molecule has 3 aromatic carbocycles. The molecule has 5 nitrogen and oxygen atoms in total. The van der Waals surface area contributed by atoms with Crippen LogP contribution in [0.3, 0.4) is 0 Å². The van der Waals surface area contributed by atoms with Gasteiger partial charge in [-0.2, -0.15) is 0 Å². The van der Waals surface area contributed by atoms with Gasteiger partial charge in [0.1, 0.15) is 6.61 Å². The Morgan fingerprint density at radius 3 is 2.21 bits per heavy atom. The number of hydrogen-bond acceptors (Lipinski definition) is 4. The summed E-state index contributed by atoms with van der Waals surface area (Å²) in [7, 11) is 1.64. The number of nitrogens with zero attached hydrogens (tertiary/aromatic N) is 2. The van der Waals surface area contributed by atoms with E-state index in [4.69, 9.17) is 9.47 Å². The molecule has 0 aliphatic rings. The Kier molecular flexibility index (Phi) is 9.91. The molecule has 5 heteroatoms. The molecule has 1 unspecified atom stereocenters. The highest BCUT2D eigenvalue weighted by atomic mass is 16.5. The van der Waals surface area contributed by atoms with E-state index in [2.05, 4.69) is 17.1 Å². The molecule has 0 bridgehead atoms. The van der Waals surface area contributed by atoms with E-state index >= 15 is 0 Å². The maximum atomic E-state index is 13.6. The first-order valence-electron chi connectivity index (χ1n) is 13.2. The minimum Gasteiger partial charge on any atom is -0.493 e. The maximum Gasteiger partial charge on any atom is 0.225 e. The molecule has 0 N–H and O–H groups in total. The van der Waals surface area contributed by atoms with E-state index in [1.165, 1.54) is 5.56 Å². The fourth-order valence-corrected chi connectivity index (χ4v) is 4.41. The number of hydrogen-bond donors (Lipinski definition) is 0. The van der Waals surface area contributed by atoms with Crippen LogP contribution in [-0.2, 0) is 30.8 Å². The van der Waals surface area contributed by atoms with E-state index < -0.39 is 0 Å². The van der Waals surface area contributed by atoms with E-state index in [0.29, 0.717) is 37.6 Å². The van der Waals surface area contributed by atoms with Gasteiger partial charge in [0.15, 0.2) is 11.5 Å². The Morgan fingerprint density at radius 1 is 0.816 bits per heavy atom. The van der Waals surface area contributed by atoms with Crippen LogP contribution in [0.2, 0.25) is 0 Å². The van der Waals surface area contributed by atoms with Gasteiger partial charge in [-0.1, -0.05) is 79.7 Å². The van der Waals surface area contributed by atoms with Crippen LogP contribution in [0, 0.1) is 5.92 Å². The first kappa shape index (κ1) is 26.9. The Hall–Kier alpha value is -4.12. The highest BCUT2D eigenvalue weighted by Gasteiger charge is 2.21. The molecule has 0 fully saturated rings. The second kappa shape index (κ2) is 14.0. The second-order valence-electron chi connectivity index (χ2n) is 9.52. The van der Waals surface area contributed by atoms with Crippen molar-refractivity contribution in [1.82, 2.24) is 9.88 Å². The Morgan fingerprint density at radius 2 is 1.53 bits per heavy atom. The summed E-state index contributed by atoms with van der Waals surface area (Å²) in [6, 6.07) is 32.2. The maximum absolute atomic E-state index is 13.6. The lowest BCUT2D eigenvalue weighted by Crippen LogP contribution is -2.36. The number of rotatable bonds is 13. The lowest BCUT2D eigenvalue weighted by atomic mass is 9.99. The lowest BCUT2D eigenvalue weighted by molar-refractivity contribution is -0.135. The molecular weight excluding hydrogens is 472 g/mol. The van der Waals surface area contributed by atoms with Gasteiger partial charge in [0.2, 0.25) is 5.91 Å². The van der Waals surface area contributed by atoms with E-state index in [1.807, 2.05) is 96.8 Å². The van der Waals surface area contributed by atoms with Crippen molar-refractivity contribution in [2.75, 3.05) is 13.7 Å². The fourth-order valence-electron chi connectivity index (χ4n) is 4.41. The SMILES string of the molecule is COc1cc(CN(CCc2ccccn2)C(=O)C(C)CCc2ccccc2)ccc1OCc1ccccc1. The van der Waals surface area contributed by atoms with Crippen molar-refractivity contribution in [1.29, 1.82) is 0 Å². The number of methoxy groups -OCH3 is 1. The molecule has 0 aliphatic heterocycles. The molecule has 1 aromatic heterocycles. The fraction of sp³-hybridized carbons (Fsp3) is 0.273. The van der Waals surface area contributed by atoms with Crippen LogP contribution in [0.25, 0.3) is 0 Å². The summed E-state index contributed by atoms with van der Waals surface area (Å²) in [5.74, 6) is 1.41. The Bertz CT molecular complexity index is 1260. The second-order valence-corrected chi connectivity index (χ2v) is 9.52. The van der Waals surface area contributed by atoms with Gasteiger partial charge in [-0.15, -0.1) is 0 Å². The first-order chi connectivity index (χ1) is 18.6. The zero-order valence-electron chi connectivity index (χ0n) is 22.3. The Labute approximate surface area is 226 Å². The van der Waals surface area contributed by atoms with Gasteiger partial charge in [0, 0.05) is 37.3 Å². The van der Waals surface area contributed by atoms with Crippen molar-refractivity contribution in [3.05, 3.63) is 126 Å². The molecule has 0 saturated heterocycles. The molecule has 0 aliphatic carbocycles. The zero-order valence-corrected chi connectivity index (χ0v) is 22.3. The summed E-state index contributed by atoms with van der Waals surface area (Å²) in [4.78, 5) is 20.0. The van der Waals surface area contributed by atoms with Gasteiger partial charge in [0.05, 0.1) is 7.11 Å². The highest BCUT2D eigenvalue weighted by molar-refractivity contribution is 5.78. The van der Waals surface area contributed by atoms with Gasteiger partial charge in [-0.25, -0.2) is 0 Å². The molecule has 38 heavy (non-hydrogen) atoms. The van der Waals surface area contributed by atoms with E-state index in [-0.39, 0.29) is 11.8 Å². The van der Waals surface area contributed by atoms with Crippen LogP contribution in [0.15, 0.2) is 103 Å². The van der Waals surface area contributed by atoms with Crippen molar-refractivity contribution in [3.63, 3.8) is 0 Å². The monoisotopic (exact) mass is 508 g/mol. The van der Waals surface area contributed by atoms with Crippen LogP contribution in [0.4, 0.5) is 0 Å². The van der Waals surface area contributed by atoms with Crippen LogP contribution in [-0.4, -0.2) is 29.4 Å². The summed E-state index contributed by atoms with van der Waals surface area (Å²) >= 11 is 0. The minimum absolute atomic E-state index is 0.0886. The third kappa shape index (κ3) is 7.94. The molecular formula is C33H36N2O3. The number of aromatic nitrogens is 1. The standard InChI is InChI=1S/C33H36N2O3/c1-26(16-17-27-11-5-3-6-12-27)33(36)35(22-20-30-15-9-10-21-34-30)24-29-18-19-31(32(23-29)37-2)38-25-28-13-7-4-8-14-28/h3-15,18-19,21,23,26H,16-17,20,22,24-25H2,1-2H3. The summed E-state index contributed by atoms with van der Waals surface area (Å²) in [5.41, 5.74) is 4.32. The van der Waals surface area contributed by atoms with Crippen molar-refractivity contribution in [3.8, 4) is 11.5 Å². The summed E-state index contributed by atoms with van der Waals surface area (Å²) in [6.45, 7) is 3.58. The van der Waals surface area contributed by atoms with Crippen molar-refractivity contribution in [2.24, 2.45) is 5.92 Å². The average molecular weight is 509 g/mol. The smallest absolute Gasteiger partial charge is 0.225 e.